The molecule has 0 radical (unpaired) electrons. The summed E-state index contributed by atoms with van der Waals surface area (Å²) in [5, 5.41) is 0. The maximum absolute atomic E-state index is 12.2. The predicted molar refractivity (Wildman–Crippen MR) is 118 cm³/mol. The highest BCUT2D eigenvalue weighted by atomic mass is 32.2. The van der Waals surface area contributed by atoms with Gasteiger partial charge in [0.1, 0.15) is 23.6 Å². The molecule has 0 N–H and O–H groups in total. The molecule has 174 valence electrons. The number of aromatic nitrogens is 2. The van der Waals surface area contributed by atoms with E-state index in [1.165, 1.54) is 19.3 Å². The van der Waals surface area contributed by atoms with Crippen molar-refractivity contribution in [3.05, 3.63) is 12.4 Å². The molecule has 0 unspecified atom stereocenters. The highest BCUT2D eigenvalue weighted by molar-refractivity contribution is 7.92. The van der Waals surface area contributed by atoms with E-state index in [1.807, 2.05) is 20.8 Å². The Kier molecular flexibility index (Phi) is 8.58. The van der Waals surface area contributed by atoms with Crippen molar-refractivity contribution in [3.8, 4) is 5.88 Å². The first-order valence-electron chi connectivity index (χ1n) is 10.6. The van der Waals surface area contributed by atoms with E-state index in [2.05, 4.69) is 24.1 Å². The van der Waals surface area contributed by atoms with E-state index < -0.39 is 5.60 Å². The lowest BCUT2D eigenvalue weighted by Gasteiger charge is -2.33. The molecule has 2 aliphatic heterocycles. The van der Waals surface area contributed by atoms with Crippen molar-refractivity contribution in [1.29, 1.82) is 0 Å². The molecular weight excluding hydrogens is 422 g/mol. The monoisotopic (exact) mass is 455 g/mol. The second kappa shape index (κ2) is 11.2. The number of hydrogen-bond acceptors (Lipinski definition) is 10. The number of piperidine rings is 1. The first kappa shape index (κ1) is 23.8. The number of carbonyl (C=O) groups excluding carboxylic acids is 1. The largest absolute Gasteiger partial charge is 0.476 e. The van der Waals surface area contributed by atoms with Crippen LogP contribution in [0.5, 0.6) is 5.88 Å². The standard InChI is InChI=1S/C20H33N5O5S/c1-20(2,3)29-19(26)24-7-5-16(6-8-24)15-28-18-14-21-17(13-22-18)23-9-11-25(12-10-23)31-30-27-4/h13-14,16H,5-12,15H2,1-4H3. The van der Waals surface area contributed by atoms with Gasteiger partial charge in [0, 0.05) is 39.3 Å². The third-order valence-electron chi connectivity index (χ3n) is 5.11. The lowest BCUT2D eigenvalue weighted by molar-refractivity contribution is -0.163. The minimum Gasteiger partial charge on any atom is -0.476 e. The van der Waals surface area contributed by atoms with E-state index in [1.54, 1.807) is 17.3 Å². The Morgan fingerprint density at radius 2 is 1.81 bits per heavy atom. The van der Waals surface area contributed by atoms with E-state index in [0.717, 1.165) is 44.8 Å². The minimum atomic E-state index is -0.465. The molecule has 3 heterocycles. The molecule has 10 nitrogen and oxygen atoms in total. The fourth-order valence-corrected chi connectivity index (χ4v) is 3.88. The topological polar surface area (TPSA) is 89.5 Å². The minimum absolute atomic E-state index is 0.237. The molecule has 0 atom stereocenters. The summed E-state index contributed by atoms with van der Waals surface area (Å²) in [6, 6.07) is 0. The van der Waals surface area contributed by atoms with Gasteiger partial charge in [-0.3, -0.25) is 0 Å². The van der Waals surface area contributed by atoms with Gasteiger partial charge in [-0.05, 0) is 39.5 Å². The van der Waals surface area contributed by atoms with Crippen molar-refractivity contribution in [2.24, 2.45) is 5.92 Å². The smallest absolute Gasteiger partial charge is 0.410 e. The van der Waals surface area contributed by atoms with Crippen LogP contribution in [0, 0.1) is 5.92 Å². The number of hydrogen-bond donors (Lipinski definition) is 0. The highest BCUT2D eigenvalue weighted by Gasteiger charge is 2.27. The SMILES string of the molecule is COOSN1CCN(c2cnc(OCC3CCN(C(=O)OC(C)(C)C)CC3)cn2)CC1. The van der Waals surface area contributed by atoms with Crippen LogP contribution < -0.4 is 9.64 Å². The average Bonchev–Trinajstić information content (AvgIpc) is 2.76. The van der Waals surface area contributed by atoms with Crippen LogP contribution in [0.15, 0.2) is 12.4 Å². The van der Waals surface area contributed by atoms with Gasteiger partial charge in [0.25, 0.3) is 0 Å². The van der Waals surface area contributed by atoms with Crippen molar-refractivity contribution >= 4 is 24.1 Å². The Morgan fingerprint density at radius 3 is 2.39 bits per heavy atom. The average molecular weight is 456 g/mol. The van der Waals surface area contributed by atoms with Crippen molar-refractivity contribution in [3.63, 3.8) is 0 Å². The second-order valence-corrected chi connectivity index (χ2v) is 9.46. The summed E-state index contributed by atoms with van der Waals surface area (Å²) in [5.41, 5.74) is -0.465. The van der Waals surface area contributed by atoms with Crippen molar-refractivity contribution in [1.82, 2.24) is 19.2 Å². The summed E-state index contributed by atoms with van der Waals surface area (Å²) in [4.78, 5) is 29.7. The van der Waals surface area contributed by atoms with Gasteiger partial charge in [0.2, 0.25) is 5.88 Å². The van der Waals surface area contributed by atoms with Gasteiger partial charge >= 0.3 is 6.09 Å². The summed E-state index contributed by atoms with van der Waals surface area (Å²) >= 11 is 1.22. The van der Waals surface area contributed by atoms with Gasteiger partial charge < -0.3 is 19.3 Å². The molecular formula is C20H33N5O5S. The van der Waals surface area contributed by atoms with Crippen LogP contribution in [0.2, 0.25) is 0 Å². The number of rotatable bonds is 7. The van der Waals surface area contributed by atoms with Gasteiger partial charge in [-0.2, -0.15) is 0 Å². The van der Waals surface area contributed by atoms with Crippen LogP contribution >= 0.6 is 12.2 Å². The van der Waals surface area contributed by atoms with E-state index in [9.17, 15) is 4.79 Å². The quantitative estimate of drug-likeness (QED) is 0.265. The maximum Gasteiger partial charge on any atom is 0.410 e. The molecule has 1 aromatic heterocycles. The molecule has 2 saturated heterocycles. The highest BCUT2D eigenvalue weighted by Crippen LogP contribution is 2.22. The molecule has 0 aromatic carbocycles. The van der Waals surface area contributed by atoms with Crippen LogP contribution in [-0.2, 0) is 14.0 Å². The van der Waals surface area contributed by atoms with Gasteiger partial charge in [0.15, 0.2) is 0 Å². The number of ether oxygens (including phenoxy) is 2. The van der Waals surface area contributed by atoms with Crippen molar-refractivity contribution in [2.45, 2.75) is 39.2 Å². The number of likely N-dealkylation sites (tertiary alicyclic amines) is 1. The van der Waals surface area contributed by atoms with Crippen molar-refractivity contribution in [2.75, 3.05) is 57.9 Å². The molecule has 0 aliphatic carbocycles. The zero-order chi connectivity index (χ0) is 22.3. The first-order valence-corrected chi connectivity index (χ1v) is 11.3. The predicted octanol–water partition coefficient (Wildman–Crippen LogP) is 2.77. The van der Waals surface area contributed by atoms with Crippen LogP contribution in [0.1, 0.15) is 33.6 Å². The lowest BCUT2D eigenvalue weighted by Crippen LogP contribution is -2.44. The summed E-state index contributed by atoms with van der Waals surface area (Å²) in [7, 11) is 1.50. The van der Waals surface area contributed by atoms with E-state index in [4.69, 9.17) is 13.8 Å². The maximum atomic E-state index is 12.2. The van der Waals surface area contributed by atoms with E-state index >= 15 is 0 Å². The molecule has 1 amide bonds. The summed E-state index contributed by atoms with van der Waals surface area (Å²) in [6.07, 6.45) is 4.98. The number of amides is 1. The van der Waals surface area contributed by atoms with Gasteiger partial charge in [-0.25, -0.2) is 24.0 Å². The van der Waals surface area contributed by atoms with Crippen molar-refractivity contribution < 1.29 is 23.5 Å². The van der Waals surface area contributed by atoms with E-state index in [-0.39, 0.29) is 6.09 Å². The van der Waals surface area contributed by atoms with Crippen LogP contribution in [0.4, 0.5) is 10.6 Å². The normalized spacial score (nSPS) is 18.8. The molecule has 0 bridgehead atoms. The molecule has 31 heavy (non-hydrogen) atoms. The Morgan fingerprint density at radius 1 is 1.10 bits per heavy atom. The number of nitrogens with zero attached hydrogens (tertiary/aromatic N) is 5. The molecule has 11 heteroatoms. The third-order valence-corrected chi connectivity index (χ3v) is 5.89. The molecule has 2 fully saturated rings. The number of piperazine rings is 1. The summed E-state index contributed by atoms with van der Waals surface area (Å²) in [6.45, 7) is 11.0. The Labute approximate surface area is 188 Å². The first-order chi connectivity index (χ1) is 14.8. The fraction of sp³-hybridized carbons (Fsp3) is 0.750. The van der Waals surface area contributed by atoms with Crippen LogP contribution in [-0.4, -0.2) is 83.9 Å². The zero-order valence-corrected chi connectivity index (χ0v) is 19.6. The summed E-state index contributed by atoms with van der Waals surface area (Å²) < 4.78 is 18.3. The number of carbonyl (C=O) groups is 1. The van der Waals surface area contributed by atoms with Gasteiger partial charge in [-0.1, -0.05) is 0 Å². The van der Waals surface area contributed by atoms with Crippen LogP contribution in [0.25, 0.3) is 0 Å². The fourth-order valence-electron chi connectivity index (χ4n) is 3.42. The van der Waals surface area contributed by atoms with Crippen LogP contribution in [0.3, 0.4) is 0 Å². The Balaban J connectivity index is 1.37. The molecule has 0 saturated carbocycles. The molecule has 0 spiro atoms. The zero-order valence-electron chi connectivity index (χ0n) is 18.8. The second-order valence-electron chi connectivity index (χ2n) is 8.66. The van der Waals surface area contributed by atoms with Gasteiger partial charge in [0.05, 0.1) is 26.1 Å². The molecule has 2 aliphatic rings. The van der Waals surface area contributed by atoms with E-state index in [0.29, 0.717) is 31.5 Å². The number of anilines is 1. The third kappa shape index (κ3) is 7.67. The summed E-state index contributed by atoms with van der Waals surface area (Å²) in [5.74, 6) is 1.76. The Hall–Kier alpha value is -1.82. The Bertz CT molecular complexity index is 686. The molecule has 1 aromatic rings. The lowest BCUT2D eigenvalue weighted by atomic mass is 9.98. The van der Waals surface area contributed by atoms with Gasteiger partial charge in [-0.15, -0.1) is 4.33 Å². The molecule has 3 rings (SSSR count).